The molecular weight excluding hydrogens is 242 g/mol. The summed E-state index contributed by atoms with van der Waals surface area (Å²) in [6, 6.07) is 7.48. The van der Waals surface area contributed by atoms with Crippen LogP contribution in [0.2, 0.25) is 5.02 Å². The molecule has 2 N–H and O–H groups in total. The molecule has 0 saturated carbocycles. The van der Waals surface area contributed by atoms with Crippen LogP contribution in [-0.4, -0.2) is 9.97 Å². The number of rotatable bonds is 3. The van der Waals surface area contributed by atoms with Gasteiger partial charge in [0, 0.05) is 28.9 Å². The Hall–Kier alpha value is -1.10. The highest BCUT2D eigenvalue weighted by Gasteiger charge is 2.07. The van der Waals surface area contributed by atoms with E-state index in [1.807, 2.05) is 18.2 Å². The van der Waals surface area contributed by atoms with Gasteiger partial charge in [0.1, 0.15) is 0 Å². The zero-order valence-electron chi connectivity index (χ0n) is 8.43. The lowest BCUT2D eigenvalue weighted by atomic mass is 10.2. The third-order valence-electron chi connectivity index (χ3n) is 2.02. The van der Waals surface area contributed by atoms with E-state index >= 15 is 0 Å². The zero-order valence-corrected chi connectivity index (χ0v) is 10.0. The Morgan fingerprint density at radius 2 is 1.94 bits per heavy atom. The predicted octanol–water partition coefficient (Wildman–Crippen LogP) is 2.74. The maximum atomic E-state index is 6.06. The number of nitrogens with zero attached hydrogens (tertiary/aromatic N) is 2. The van der Waals surface area contributed by atoms with Crippen LogP contribution in [0.5, 0.6) is 0 Å². The van der Waals surface area contributed by atoms with Crippen LogP contribution in [0.1, 0.15) is 5.56 Å². The molecule has 0 atom stereocenters. The number of halogens is 1. The van der Waals surface area contributed by atoms with Crippen molar-refractivity contribution in [2.24, 2.45) is 5.73 Å². The average Bonchev–Trinajstić information content (AvgIpc) is 2.31. The SMILES string of the molecule is NCc1c(Cl)cccc1Sc1ncccn1. The molecule has 3 nitrogen and oxygen atoms in total. The van der Waals surface area contributed by atoms with Crippen LogP contribution in [0, 0.1) is 0 Å². The molecule has 5 heteroatoms. The summed E-state index contributed by atoms with van der Waals surface area (Å²) in [5.74, 6) is 0. The summed E-state index contributed by atoms with van der Waals surface area (Å²) in [6.07, 6.45) is 3.42. The first-order valence-electron chi connectivity index (χ1n) is 4.73. The molecule has 1 heterocycles. The Bertz CT molecular complexity index is 476. The van der Waals surface area contributed by atoms with E-state index in [0.29, 0.717) is 16.7 Å². The van der Waals surface area contributed by atoms with Crippen LogP contribution in [0.3, 0.4) is 0 Å². The molecular formula is C11H10ClN3S. The number of aromatic nitrogens is 2. The van der Waals surface area contributed by atoms with Crippen molar-refractivity contribution in [3.63, 3.8) is 0 Å². The molecule has 0 aliphatic heterocycles. The Morgan fingerprint density at radius 3 is 2.62 bits per heavy atom. The highest BCUT2D eigenvalue weighted by atomic mass is 35.5. The first-order valence-corrected chi connectivity index (χ1v) is 5.93. The highest BCUT2D eigenvalue weighted by molar-refractivity contribution is 7.99. The van der Waals surface area contributed by atoms with Gasteiger partial charge in [-0.25, -0.2) is 9.97 Å². The molecule has 0 spiro atoms. The highest BCUT2D eigenvalue weighted by Crippen LogP contribution is 2.31. The average molecular weight is 252 g/mol. The van der Waals surface area contributed by atoms with Gasteiger partial charge in [0.05, 0.1) is 0 Å². The van der Waals surface area contributed by atoms with Crippen LogP contribution in [0.4, 0.5) is 0 Å². The van der Waals surface area contributed by atoms with E-state index in [0.717, 1.165) is 10.5 Å². The topological polar surface area (TPSA) is 51.8 Å². The van der Waals surface area contributed by atoms with E-state index < -0.39 is 0 Å². The van der Waals surface area contributed by atoms with Crippen molar-refractivity contribution < 1.29 is 0 Å². The van der Waals surface area contributed by atoms with Crippen LogP contribution in [-0.2, 0) is 6.54 Å². The maximum absolute atomic E-state index is 6.06. The molecule has 1 aromatic carbocycles. The molecule has 0 amide bonds. The number of benzene rings is 1. The van der Waals surface area contributed by atoms with Gasteiger partial charge < -0.3 is 5.73 Å². The summed E-state index contributed by atoms with van der Waals surface area (Å²) < 4.78 is 0. The van der Waals surface area contributed by atoms with Crippen molar-refractivity contribution in [2.75, 3.05) is 0 Å². The normalized spacial score (nSPS) is 10.4. The van der Waals surface area contributed by atoms with Gasteiger partial charge in [0.15, 0.2) is 5.16 Å². The smallest absolute Gasteiger partial charge is 0.192 e. The van der Waals surface area contributed by atoms with Crippen molar-refractivity contribution in [3.05, 3.63) is 47.2 Å². The van der Waals surface area contributed by atoms with Gasteiger partial charge in [-0.2, -0.15) is 0 Å². The van der Waals surface area contributed by atoms with E-state index in [-0.39, 0.29) is 0 Å². The predicted molar refractivity (Wildman–Crippen MR) is 65.5 cm³/mol. The molecule has 0 radical (unpaired) electrons. The molecule has 1 aromatic heterocycles. The molecule has 0 bridgehead atoms. The second kappa shape index (κ2) is 5.30. The van der Waals surface area contributed by atoms with Crippen molar-refractivity contribution in [1.29, 1.82) is 0 Å². The first kappa shape index (κ1) is 11.4. The molecule has 82 valence electrons. The molecule has 16 heavy (non-hydrogen) atoms. The third kappa shape index (κ3) is 2.52. The van der Waals surface area contributed by atoms with Gasteiger partial charge in [-0.3, -0.25) is 0 Å². The maximum Gasteiger partial charge on any atom is 0.192 e. The lowest BCUT2D eigenvalue weighted by Crippen LogP contribution is -1.99. The fourth-order valence-electron chi connectivity index (χ4n) is 1.27. The zero-order chi connectivity index (χ0) is 11.4. The molecule has 0 fully saturated rings. The number of hydrogen-bond donors (Lipinski definition) is 1. The lowest BCUT2D eigenvalue weighted by Gasteiger charge is -2.07. The van der Waals surface area contributed by atoms with Crippen LogP contribution in [0.25, 0.3) is 0 Å². The minimum atomic E-state index is 0.412. The molecule has 0 aliphatic rings. The molecule has 2 aromatic rings. The summed E-state index contributed by atoms with van der Waals surface area (Å²) in [7, 11) is 0. The number of nitrogens with two attached hydrogens (primary N) is 1. The fraction of sp³-hybridized carbons (Fsp3) is 0.0909. The third-order valence-corrected chi connectivity index (χ3v) is 3.37. The quantitative estimate of drug-likeness (QED) is 0.853. The summed E-state index contributed by atoms with van der Waals surface area (Å²) in [5, 5.41) is 1.38. The van der Waals surface area contributed by atoms with Crippen molar-refractivity contribution in [3.8, 4) is 0 Å². The minimum Gasteiger partial charge on any atom is -0.326 e. The summed E-state index contributed by atoms with van der Waals surface area (Å²) in [6.45, 7) is 0.412. The second-order valence-electron chi connectivity index (χ2n) is 3.05. The van der Waals surface area contributed by atoms with Crippen molar-refractivity contribution in [2.45, 2.75) is 16.6 Å². The Labute approximate surface area is 103 Å². The van der Waals surface area contributed by atoms with Crippen molar-refractivity contribution in [1.82, 2.24) is 9.97 Å². The number of hydrogen-bond acceptors (Lipinski definition) is 4. The van der Waals surface area contributed by atoms with Crippen LogP contribution < -0.4 is 5.73 Å². The summed E-state index contributed by atoms with van der Waals surface area (Å²) in [4.78, 5) is 9.30. The molecule has 0 saturated heterocycles. The van der Waals surface area contributed by atoms with E-state index in [4.69, 9.17) is 17.3 Å². The lowest BCUT2D eigenvalue weighted by molar-refractivity contribution is 0.960. The largest absolute Gasteiger partial charge is 0.326 e. The second-order valence-corrected chi connectivity index (χ2v) is 4.47. The minimum absolute atomic E-state index is 0.412. The molecule has 0 unspecified atom stereocenters. The van der Waals surface area contributed by atoms with Gasteiger partial charge in [-0.15, -0.1) is 0 Å². The summed E-state index contributed by atoms with van der Waals surface area (Å²) >= 11 is 7.53. The van der Waals surface area contributed by atoms with Crippen molar-refractivity contribution >= 4 is 23.4 Å². The van der Waals surface area contributed by atoms with Gasteiger partial charge in [0.2, 0.25) is 0 Å². The van der Waals surface area contributed by atoms with Gasteiger partial charge in [-0.1, -0.05) is 17.7 Å². The Morgan fingerprint density at radius 1 is 1.19 bits per heavy atom. The van der Waals surface area contributed by atoms with E-state index in [1.165, 1.54) is 11.8 Å². The van der Waals surface area contributed by atoms with Crippen LogP contribution in [0.15, 0.2) is 46.7 Å². The van der Waals surface area contributed by atoms with Gasteiger partial charge >= 0.3 is 0 Å². The monoisotopic (exact) mass is 251 g/mol. The Balaban J connectivity index is 2.31. The standard InChI is InChI=1S/C11H10ClN3S/c12-9-3-1-4-10(8(9)7-13)16-11-14-5-2-6-15-11/h1-6H,7,13H2. The van der Waals surface area contributed by atoms with Gasteiger partial charge in [-0.05, 0) is 35.5 Å². The first-order chi connectivity index (χ1) is 7.81. The Kier molecular flexibility index (Phi) is 3.77. The van der Waals surface area contributed by atoms with E-state index in [9.17, 15) is 0 Å². The summed E-state index contributed by atoms with van der Waals surface area (Å²) in [5.41, 5.74) is 6.60. The van der Waals surface area contributed by atoms with E-state index in [1.54, 1.807) is 18.5 Å². The van der Waals surface area contributed by atoms with Gasteiger partial charge in [0.25, 0.3) is 0 Å². The molecule has 0 aliphatic carbocycles. The molecule has 2 rings (SSSR count). The van der Waals surface area contributed by atoms with Crippen LogP contribution >= 0.6 is 23.4 Å². The van der Waals surface area contributed by atoms with E-state index in [2.05, 4.69) is 9.97 Å². The fourth-order valence-corrected chi connectivity index (χ4v) is 2.46.